The maximum Gasteiger partial charge on any atom is 0.338 e. The Bertz CT molecular complexity index is 745. The number of nitrogens with zero attached hydrogens (tertiary/aromatic N) is 1. The number of nitrogens with one attached hydrogen (secondary N) is 1. The van der Waals surface area contributed by atoms with Crippen LogP contribution in [0.4, 0.5) is 4.79 Å². The van der Waals surface area contributed by atoms with Crippen molar-refractivity contribution in [3.63, 3.8) is 0 Å². The molecule has 2 amide bonds. The molecular weight excluding hydrogens is 416 g/mol. The van der Waals surface area contributed by atoms with E-state index in [9.17, 15) is 14.4 Å². The van der Waals surface area contributed by atoms with E-state index >= 15 is 0 Å². The van der Waals surface area contributed by atoms with E-state index in [0.717, 1.165) is 10.0 Å². The van der Waals surface area contributed by atoms with Crippen LogP contribution in [0.5, 0.6) is 0 Å². The van der Waals surface area contributed by atoms with E-state index in [2.05, 4.69) is 26.0 Å². The van der Waals surface area contributed by atoms with Crippen LogP contribution in [0.2, 0.25) is 0 Å². The van der Waals surface area contributed by atoms with Crippen molar-refractivity contribution in [2.45, 2.75) is 32.7 Å². The number of benzene rings is 1. The topological polar surface area (TPSA) is 84.9 Å². The van der Waals surface area contributed by atoms with Crippen molar-refractivity contribution >= 4 is 33.9 Å². The molecule has 1 aromatic rings. The second-order valence-corrected chi connectivity index (χ2v) is 6.90. The van der Waals surface area contributed by atoms with Gasteiger partial charge < -0.3 is 14.8 Å². The summed E-state index contributed by atoms with van der Waals surface area (Å²) in [6.45, 7) is 3.98. The molecule has 0 aliphatic carbocycles. The number of carbonyl (C=O) groups is 3. The normalized spacial score (nSPS) is 16.8. The Labute approximate surface area is 166 Å². The zero-order valence-corrected chi connectivity index (χ0v) is 17.2. The van der Waals surface area contributed by atoms with Gasteiger partial charge >= 0.3 is 18.0 Å². The summed E-state index contributed by atoms with van der Waals surface area (Å²) < 4.78 is 10.7. The summed E-state index contributed by atoms with van der Waals surface area (Å²) >= 11 is 3.38. The van der Waals surface area contributed by atoms with Crippen LogP contribution in [-0.2, 0) is 19.1 Å². The van der Waals surface area contributed by atoms with E-state index in [1.165, 1.54) is 12.0 Å². The highest BCUT2D eigenvalue weighted by molar-refractivity contribution is 9.10. The van der Waals surface area contributed by atoms with Gasteiger partial charge in [-0.05, 0) is 38.0 Å². The molecule has 27 heavy (non-hydrogen) atoms. The van der Waals surface area contributed by atoms with Gasteiger partial charge in [-0.15, -0.1) is 0 Å². The number of allylic oxidation sites excluding steroid dienone is 1. The third-order valence-electron chi connectivity index (χ3n) is 4.29. The quantitative estimate of drug-likeness (QED) is 0.659. The lowest BCUT2D eigenvalue weighted by Crippen LogP contribution is -2.48. The molecule has 7 nitrogen and oxygen atoms in total. The van der Waals surface area contributed by atoms with E-state index in [1.807, 2.05) is 24.3 Å². The number of halogens is 1. The van der Waals surface area contributed by atoms with Crippen LogP contribution in [0.25, 0.3) is 0 Å². The lowest BCUT2D eigenvalue weighted by molar-refractivity contribution is -0.141. The third-order valence-corrected chi connectivity index (χ3v) is 4.81. The maximum absolute atomic E-state index is 12.6. The fourth-order valence-electron chi connectivity index (χ4n) is 2.91. The van der Waals surface area contributed by atoms with Gasteiger partial charge in [-0.2, -0.15) is 0 Å². The number of ether oxygens (including phenoxy) is 2. The summed E-state index contributed by atoms with van der Waals surface area (Å²) in [5.74, 6) is -0.812. The maximum atomic E-state index is 12.6. The Balaban J connectivity index is 2.33. The van der Waals surface area contributed by atoms with Crippen molar-refractivity contribution in [3.05, 3.63) is 45.6 Å². The average molecular weight is 439 g/mol. The third kappa shape index (κ3) is 5.09. The van der Waals surface area contributed by atoms with Crippen molar-refractivity contribution in [1.29, 1.82) is 0 Å². The second-order valence-electron chi connectivity index (χ2n) is 5.98. The van der Waals surface area contributed by atoms with Gasteiger partial charge in [0.2, 0.25) is 0 Å². The minimum Gasteiger partial charge on any atom is -0.469 e. The number of rotatable bonds is 7. The number of hydrogen-bond acceptors (Lipinski definition) is 5. The zero-order valence-electron chi connectivity index (χ0n) is 15.6. The van der Waals surface area contributed by atoms with E-state index in [-0.39, 0.29) is 25.0 Å². The molecule has 0 radical (unpaired) electrons. The van der Waals surface area contributed by atoms with Gasteiger partial charge in [0.25, 0.3) is 0 Å². The molecule has 0 fully saturated rings. The van der Waals surface area contributed by atoms with E-state index in [1.54, 1.807) is 13.8 Å². The highest BCUT2D eigenvalue weighted by Gasteiger charge is 2.36. The van der Waals surface area contributed by atoms with Crippen molar-refractivity contribution in [3.8, 4) is 0 Å². The Morgan fingerprint density at radius 2 is 1.93 bits per heavy atom. The van der Waals surface area contributed by atoms with Crippen LogP contribution in [0.3, 0.4) is 0 Å². The molecule has 0 spiro atoms. The second kappa shape index (κ2) is 9.55. The molecule has 1 aromatic carbocycles. The molecule has 2 rings (SSSR count). The molecule has 0 aromatic heterocycles. The Hall–Kier alpha value is -2.35. The highest BCUT2D eigenvalue weighted by Crippen LogP contribution is 2.32. The summed E-state index contributed by atoms with van der Waals surface area (Å²) in [4.78, 5) is 38.0. The first-order chi connectivity index (χ1) is 12.9. The lowest BCUT2D eigenvalue weighted by Gasteiger charge is -2.35. The fourth-order valence-corrected chi connectivity index (χ4v) is 3.18. The van der Waals surface area contributed by atoms with Gasteiger partial charge in [0.05, 0.1) is 25.3 Å². The van der Waals surface area contributed by atoms with Crippen molar-refractivity contribution in [2.75, 3.05) is 20.3 Å². The van der Waals surface area contributed by atoms with E-state index < -0.39 is 12.0 Å². The summed E-state index contributed by atoms with van der Waals surface area (Å²) in [6, 6.07) is 6.47. The molecule has 1 atom stereocenters. The summed E-state index contributed by atoms with van der Waals surface area (Å²) in [5.41, 5.74) is 1.69. The molecule has 1 aliphatic rings. The average Bonchev–Trinajstić information content (AvgIpc) is 2.64. The van der Waals surface area contributed by atoms with Crippen LogP contribution in [0.1, 0.15) is 38.3 Å². The van der Waals surface area contributed by atoms with Gasteiger partial charge in [0.15, 0.2) is 0 Å². The summed E-state index contributed by atoms with van der Waals surface area (Å²) in [6.07, 6.45) is 0.620. The van der Waals surface area contributed by atoms with E-state index in [4.69, 9.17) is 4.74 Å². The predicted octanol–water partition coefficient (Wildman–Crippen LogP) is 3.31. The van der Waals surface area contributed by atoms with Crippen LogP contribution < -0.4 is 5.32 Å². The van der Waals surface area contributed by atoms with E-state index in [0.29, 0.717) is 24.2 Å². The first-order valence-electron chi connectivity index (χ1n) is 8.67. The first-order valence-corrected chi connectivity index (χ1v) is 9.46. The number of urea groups is 1. The van der Waals surface area contributed by atoms with Gasteiger partial charge in [0.1, 0.15) is 0 Å². The molecule has 0 saturated carbocycles. The van der Waals surface area contributed by atoms with Crippen LogP contribution in [0.15, 0.2) is 40.0 Å². The highest BCUT2D eigenvalue weighted by atomic mass is 79.9. The standard InChI is InChI=1S/C19H23BrN2O5/c1-4-27-18(24)16-12(2)22(11-5-6-15(23)26-3)19(25)21-17(16)13-7-9-14(20)10-8-13/h7-10,17H,4-6,11H2,1-3H3,(H,21,25)/t17-/m1/s1. The zero-order chi connectivity index (χ0) is 20.0. The number of carbonyl (C=O) groups excluding carboxylic acids is 3. The summed E-state index contributed by atoms with van der Waals surface area (Å²) in [5, 5.41) is 2.87. The number of hydrogen-bond donors (Lipinski definition) is 1. The molecular formula is C19H23BrN2O5. The Morgan fingerprint density at radius 3 is 2.52 bits per heavy atom. The minimum atomic E-state index is -0.596. The van der Waals surface area contributed by atoms with Crippen molar-refractivity contribution < 1.29 is 23.9 Å². The van der Waals surface area contributed by atoms with Crippen LogP contribution >= 0.6 is 15.9 Å². The number of esters is 2. The molecule has 8 heteroatoms. The van der Waals surface area contributed by atoms with Crippen LogP contribution in [-0.4, -0.2) is 43.1 Å². The Morgan fingerprint density at radius 1 is 1.26 bits per heavy atom. The molecule has 0 unspecified atom stereocenters. The van der Waals surface area contributed by atoms with Gasteiger partial charge in [-0.25, -0.2) is 9.59 Å². The van der Waals surface area contributed by atoms with Gasteiger partial charge in [-0.3, -0.25) is 9.69 Å². The summed E-state index contributed by atoms with van der Waals surface area (Å²) in [7, 11) is 1.32. The molecule has 146 valence electrons. The minimum absolute atomic E-state index is 0.193. The lowest BCUT2D eigenvalue weighted by atomic mass is 9.95. The SMILES string of the molecule is CCOC(=O)C1=C(C)N(CCCC(=O)OC)C(=O)N[C@@H]1c1ccc(Br)cc1. The fraction of sp³-hybridized carbons (Fsp3) is 0.421. The van der Waals surface area contributed by atoms with Gasteiger partial charge in [0, 0.05) is 23.1 Å². The number of amides is 2. The number of methoxy groups -OCH3 is 1. The largest absolute Gasteiger partial charge is 0.469 e. The molecule has 1 N–H and O–H groups in total. The molecule has 1 aliphatic heterocycles. The first kappa shape index (κ1) is 21.0. The van der Waals surface area contributed by atoms with Gasteiger partial charge in [-0.1, -0.05) is 28.1 Å². The molecule has 1 heterocycles. The molecule has 0 bridgehead atoms. The monoisotopic (exact) mass is 438 g/mol. The van der Waals surface area contributed by atoms with Crippen molar-refractivity contribution in [2.24, 2.45) is 0 Å². The Kier molecular flexibility index (Phi) is 7.41. The predicted molar refractivity (Wildman–Crippen MR) is 103 cm³/mol. The van der Waals surface area contributed by atoms with Crippen LogP contribution in [0, 0.1) is 0 Å². The molecule has 0 saturated heterocycles. The smallest absolute Gasteiger partial charge is 0.338 e. The van der Waals surface area contributed by atoms with Crippen molar-refractivity contribution in [1.82, 2.24) is 10.2 Å².